The number of amides is 1. The molecule has 5 rings (SSSR count). The topological polar surface area (TPSA) is 90.3 Å². The molecule has 0 fully saturated rings. The number of fused-ring (bicyclic) bond motifs is 1. The molecule has 10 heteroatoms. The van der Waals surface area contributed by atoms with E-state index in [1.165, 1.54) is 30.5 Å². The molecule has 0 saturated carbocycles. The number of non-ortho nitro benzene ring substituents is 1. The van der Waals surface area contributed by atoms with Gasteiger partial charge in [-0.25, -0.2) is 0 Å². The third-order valence-electron chi connectivity index (χ3n) is 6.75. The maximum absolute atomic E-state index is 13.3. The van der Waals surface area contributed by atoms with E-state index in [1.54, 1.807) is 18.2 Å². The Morgan fingerprint density at radius 3 is 2.40 bits per heavy atom. The second kappa shape index (κ2) is 11.1. The molecule has 0 spiro atoms. The number of halogens is 3. The van der Waals surface area contributed by atoms with Crippen LogP contribution in [0, 0.1) is 10.1 Å². The smallest absolute Gasteiger partial charge is 0.416 e. The normalized spacial score (nSPS) is 12.4. The second-order valence-electron chi connectivity index (χ2n) is 9.39. The summed E-state index contributed by atoms with van der Waals surface area (Å²) >= 11 is 0. The lowest BCUT2D eigenvalue weighted by Gasteiger charge is -2.18. The number of rotatable bonds is 9. The van der Waals surface area contributed by atoms with Gasteiger partial charge in [0.15, 0.2) is 0 Å². The van der Waals surface area contributed by atoms with Gasteiger partial charge < -0.3 is 14.3 Å². The number of alkyl halides is 3. The number of hydrogen-bond acceptors (Lipinski definition) is 4. The summed E-state index contributed by atoms with van der Waals surface area (Å²) in [6, 6.07) is 22.2. The number of furan rings is 1. The van der Waals surface area contributed by atoms with Crippen molar-refractivity contribution in [3.63, 3.8) is 0 Å². The minimum atomic E-state index is -4.51. The van der Waals surface area contributed by atoms with Crippen molar-refractivity contribution in [2.45, 2.75) is 31.6 Å². The van der Waals surface area contributed by atoms with Gasteiger partial charge in [0, 0.05) is 48.1 Å². The Labute approximate surface area is 227 Å². The van der Waals surface area contributed by atoms with E-state index in [2.05, 4.69) is 5.32 Å². The quantitative estimate of drug-likeness (QED) is 0.158. The first-order valence-electron chi connectivity index (χ1n) is 12.5. The summed E-state index contributed by atoms with van der Waals surface area (Å²) in [5.74, 6) is -0.481. The lowest BCUT2D eigenvalue weighted by Crippen LogP contribution is -2.24. The monoisotopic (exact) mass is 547 g/mol. The Morgan fingerprint density at radius 1 is 1.00 bits per heavy atom. The van der Waals surface area contributed by atoms with Gasteiger partial charge in [0.05, 0.1) is 23.3 Å². The summed E-state index contributed by atoms with van der Waals surface area (Å²) in [5, 5.41) is 15.0. The van der Waals surface area contributed by atoms with Gasteiger partial charge in [0.1, 0.15) is 5.76 Å². The number of nitrogens with zero attached hydrogens (tertiary/aromatic N) is 2. The predicted octanol–water partition coefficient (Wildman–Crippen LogP) is 7.05. The molecule has 0 saturated heterocycles. The fourth-order valence-corrected chi connectivity index (χ4v) is 4.78. The van der Waals surface area contributed by atoms with Gasteiger partial charge >= 0.3 is 6.18 Å². The number of nitrogens with one attached hydrogen (secondary N) is 1. The van der Waals surface area contributed by atoms with E-state index in [9.17, 15) is 28.1 Å². The zero-order valence-electron chi connectivity index (χ0n) is 21.1. The van der Waals surface area contributed by atoms with Crippen LogP contribution in [0.25, 0.3) is 10.9 Å². The number of nitro benzene ring substituents is 1. The van der Waals surface area contributed by atoms with E-state index >= 15 is 0 Å². The van der Waals surface area contributed by atoms with Gasteiger partial charge in [-0.1, -0.05) is 42.5 Å². The van der Waals surface area contributed by atoms with E-state index in [0.717, 1.165) is 17.7 Å². The van der Waals surface area contributed by atoms with Gasteiger partial charge in [-0.05, 0) is 47.0 Å². The number of carbonyl (C=O) groups is 1. The minimum absolute atomic E-state index is 0.0980. The third-order valence-corrected chi connectivity index (χ3v) is 6.75. The van der Waals surface area contributed by atoms with Gasteiger partial charge in [-0.3, -0.25) is 14.9 Å². The SMILES string of the molecule is O=C(CC(c1ccc(C(F)(F)F)cc1)c1cn(Cc2ccccc2)c2ccc([N+](=O)[O-])cc12)NCc1ccco1. The molecular weight excluding hydrogens is 523 g/mol. The van der Waals surface area contributed by atoms with Crippen LogP contribution in [-0.4, -0.2) is 15.4 Å². The van der Waals surface area contributed by atoms with Crippen LogP contribution >= 0.6 is 0 Å². The maximum atomic E-state index is 13.3. The molecule has 1 amide bonds. The summed E-state index contributed by atoms with van der Waals surface area (Å²) in [4.78, 5) is 24.2. The van der Waals surface area contributed by atoms with Crippen molar-refractivity contribution < 1.29 is 27.3 Å². The summed E-state index contributed by atoms with van der Waals surface area (Å²) < 4.78 is 47.1. The first kappa shape index (κ1) is 26.7. The molecule has 0 aliphatic carbocycles. The van der Waals surface area contributed by atoms with Crippen molar-refractivity contribution in [3.8, 4) is 0 Å². The molecule has 40 heavy (non-hydrogen) atoms. The Bertz CT molecular complexity index is 1630. The molecule has 2 aromatic heterocycles. The number of hydrogen-bond donors (Lipinski definition) is 1. The van der Waals surface area contributed by atoms with Crippen molar-refractivity contribution >= 4 is 22.5 Å². The molecule has 5 aromatic rings. The van der Waals surface area contributed by atoms with Gasteiger partial charge in [-0.15, -0.1) is 0 Å². The van der Waals surface area contributed by atoms with Crippen molar-refractivity contribution in [2.75, 3.05) is 0 Å². The van der Waals surface area contributed by atoms with Crippen molar-refractivity contribution in [1.29, 1.82) is 0 Å². The summed E-state index contributed by atoms with van der Waals surface area (Å²) in [6.07, 6.45) is -1.30. The number of benzene rings is 3. The Balaban J connectivity index is 1.59. The molecule has 3 aromatic carbocycles. The molecule has 1 N–H and O–H groups in total. The average Bonchev–Trinajstić information content (AvgIpc) is 3.59. The lowest BCUT2D eigenvalue weighted by atomic mass is 9.87. The van der Waals surface area contributed by atoms with Crippen molar-refractivity contribution in [1.82, 2.24) is 9.88 Å². The van der Waals surface area contributed by atoms with Gasteiger partial charge in [0.25, 0.3) is 5.69 Å². The third kappa shape index (κ3) is 5.90. The average molecular weight is 548 g/mol. The standard InChI is InChI=1S/C30H24F3N3O4/c31-30(32,33)22-10-8-21(9-11-22)25(16-29(37)34-17-24-7-4-14-40-24)27-19-35(18-20-5-2-1-3-6-20)28-13-12-23(36(38)39)15-26(27)28/h1-15,19,25H,16-18H2,(H,34,37). The van der Waals surface area contributed by atoms with Crippen LogP contribution in [0.4, 0.5) is 18.9 Å². The van der Waals surface area contributed by atoms with E-state index in [4.69, 9.17) is 4.42 Å². The van der Waals surface area contributed by atoms with Crippen LogP contribution in [0.2, 0.25) is 0 Å². The Morgan fingerprint density at radius 2 is 1.75 bits per heavy atom. The first-order valence-corrected chi connectivity index (χ1v) is 12.5. The van der Waals surface area contributed by atoms with Crippen LogP contribution < -0.4 is 5.32 Å². The highest BCUT2D eigenvalue weighted by atomic mass is 19.4. The molecule has 1 unspecified atom stereocenters. The number of aromatic nitrogens is 1. The van der Waals surface area contributed by atoms with E-state index < -0.39 is 22.6 Å². The Kier molecular flexibility index (Phi) is 7.41. The molecule has 0 radical (unpaired) electrons. The summed E-state index contributed by atoms with van der Waals surface area (Å²) in [6.45, 7) is 0.604. The van der Waals surface area contributed by atoms with Crippen molar-refractivity contribution in [3.05, 3.63) is 136 Å². The molecular formula is C30H24F3N3O4. The molecule has 0 aliphatic heterocycles. The second-order valence-corrected chi connectivity index (χ2v) is 9.39. The van der Waals surface area contributed by atoms with E-state index in [-0.39, 0.29) is 24.6 Å². The fraction of sp³-hybridized carbons (Fsp3) is 0.167. The molecule has 2 heterocycles. The van der Waals surface area contributed by atoms with Crippen LogP contribution in [0.15, 0.2) is 102 Å². The van der Waals surface area contributed by atoms with Crippen LogP contribution in [0.3, 0.4) is 0 Å². The fourth-order valence-electron chi connectivity index (χ4n) is 4.78. The van der Waals surface area contributed by atoms with Gasteiger partial charge in [-0.2, -0.15) is 13.2 Å². The van der Waals surface area contributed by atoms with E-state index in [1.807, 2.05) is 41.1 Å². The highest BCUT2D eigenvalue weighted by Crippen LogP contribution is 2.38. The van der Waals surface area contributed by atoms with Gasteiger partial charge in [0.2, 0.25) is 5.91 Å². The van der Waals surface area contributed by atoms with E-state index in [0.29, 0.717) is 34.3 Å². The zero-order chi connectivity index (χ0) is 28.3. The maximum Gasteiger partial charge on any atom is 0.416 e. The highest BCUT2D eigenvalue weighted by molar-refractivity contribution is 5.88. The first-order chi connectivity index (χ1) is 19.2. The lowest BCUT2D eigenvalue weighted by molar-refractivity contribution is -0.384. The molecule has 0 bridgehead atoms. The van der Waals surface area contributed by atoms with Crippen molar-refractivity contribution in [2.24, 2.45) is 0 Å². The Hall–Kier alpha value is -4.86. The summed E-state index contributed by atoms with van der Waals surface area (Å²) in [5.41, 5.74) is 1.84. The molecule has 204 valence electrons. The molecule has 1 atom stereocenters. The predicted molar refractivity (Wildman–Crippen MR) is 143 cm³/mol. The largest absolute Gasteiger partial charge is 0.467 e. The summed E-state index contributed by atoms with van der Waals surface area (Å²) in [7, 11) is 0. The zero-order valence-corrected chi connectivity index (χ0v) is 21.1. The molecule has 7 nitrogen and oxygen atoms in total. The molecule has 0 aliphatic rings. The highest BCUT2D eigenvalue weighted by Gasteiger charge is 2.31. The van der Waals surface area contributed by atoms with Crippen LogP contribution in [0.1, 0.15) is 40.4 Å². The van der Waals surface area contributed by atoms with Crippen LogP contribution in [-0.2, 0) is 24.1 Å². The number of carbonyl (C=O) groups excluding carboxylic acids is 1. The minimum Gasteiger partial charge on any atom is -0.467 e. The number of nitro groups is 1. The van der Waals surface area contributed by atoms with Crippen LogP contribution in [0.5, 0.6) is 0 Å².